The minimum Gasteiger partial charge on any atom is -0.324 e. The predicted molar refractivity (Wildman–Crippen MR) is 139 cm³/mol. The number of rotatable bonds is 2. The molecule has 9 heteroatoms. The summed E-state index contributed by atoms with van der Waals surface area (Å²) in [6.07, 6.45) is -0.851. The number of fused-ring (bicyclic) bond motifs is 3. The molecule has 3 aliphatic rings. The number of ketones is 1. The molecule has 1 amide bonds. The maximum Gasteiger partial charge on any atom is 0.416 e. The molecule has 2 aliphatic heterocycles. The second kappa shape index (κ2) is 8.21. The van der Waals surface area contributed by atoms with Gasteiger partial charge < -0.3 is 9.88 Å². The number of nitrogens with one attached hydrogen (secondary N) is 1. The third kappa shape index (κ3) is 3.48. The van der Waals surface area contributed by atoms with Crippen LogP contribution in [-0.2, 0) is 21.2 Å². The van der Waals surface area contributed by atoms with Crippen LogP contribution in [0, 0.1) is 16.7 Å². The molecule has 0 fully saturated rings. The van der Waals surface area contributed by atoms with Crippen LogP contribution in [0.2, 0.25) is 0 Å². The highest BCUT2D eigenvalue weighted by Crippen LogP contribution is 2.58. The summed E-state index contributed by atoms with van der Waals surface area (Å²) in [5.74, 6) is -0.642. The van der Waals surface area contributed by atoms with E-state index in [1.165, 1.54) is 12.1 Å². The van der Waals surface area contributed by atoms with E-state index in [1.54, 1.807) is 58.3 Å². The van der Waals surface area contributed by atoms with Crippen molar-refractivity contribution in [1.82, 2.24) is 4.57 Å². The van der Waals surface area contributed by atoms with Crippen molar-refractivity contribution in [2.24, 2.45) is 5.41 Å². The number of allylic oxidation sites excluding steroid dienone is 1. The lowest BCUT2D eigenvalue weighted by molar-refractivity contribution is -0.137. The van der Waals surface area contributed by atoms with Gasteiger partial charge in [-0.15, -0.1) is 0 Å². The van der Waals surface area contributed by atoms with Crippen molar-refractivity contribution >= 4 is 28.9 Å². The molecule has 1 atom stereocenters. The largest absolute Gasteiger partial charge is 0.416 e. The molecule has 6 nitrogen and oxygen atoms in total. The number of halogens is 3. The number of carbonyl (C=O) groups excluding carboxylic acids is 2. The first kappa shape index (κ1) is 24.7. The molecule has 6 rings (SSSR count). The molecule has 3 heterocycles. The van der Waals surface area contributed by atoms with Crippen LogP contribution in [0.3, 0.4) is 0 Å². The smallest absolute Gasteiger partial charge is 0.324 e. The Kier molecular flexibility index (Phi) is 5.21. The van der Waals surface area contributed by atoms with E-state index in [1.807, 2.05) is 13.8 Å². The number of alkyl halides is 3. The van der Waals surface area contributed by atoms with Crippen LogP contribution < -0.4 is 10.2 Å². The number of benzene rings is 2. The summed E-state index contributed by atoms with van der Waals surface area (Å²) in [5, 5.41) is 13.6. The maximum absolute atomic E-state index is 14.0. The number of hydrogen-bond donors (Lipinski definition) is 1. The van der Waals surface area contributed by atoms with Crippen LogP contribution in [0.15, 0.2) is 89.9 Å². The third-order valence-corrected chi connectivity index (χ3v) is 7.62. The number of carbonyl (C=O) groups is 2. The molecule has 1 aromatic heterocycles. The van der Waals surface area contributed by atoms with Gasteiger partial charge in [-0.1, -0.05) is 38.1 Å². The minimum absolute atomic E-state index is 0.0367. The topological polar surface area (TPSA) is 78.1 Å². The monoisotopic (exact) mass is 528 g/mol. The molecule has 1 aliphatic carbocycles. The second-order valence-corrected chi connectivity index (χ2v) is 10.8. The van der Waals surface area contributed by atoms with Crippen molar-refractivity contribution in [3.8, 4) is 6.07 Å². The Bertz CT molecular complexity index is 1660. The summed E-state index contributed by atoms with van der Waals surface area (Å²) in [6.45, 7) is 3.82. The zero-order valence-corrected chi connectivity index (χ0v) is 21.1. The Morgan fingerprint density at radius 3 is 2.38 bits per heavy atom. The van der Waals surface area contributed by atoms with Gasteiger partial charge in [0.05, 0.1) is 11.1 Å². The van der Waals surface area contributed by atoms with Crippen molar-refractivity contribution < 1.29 is 22.8 Å². The summed E-state index contributed by atoms with van der Waals surface area (Å²) in [7, 11) is 0. The zero-order valence-electron chi connectivity index (χ0n) is 21.1. The molecule has 0 bridgehead atoms. The van der Waals surface area contributed by atoms with Crippen molar-refractivity contribution in [3.63, 3.8) is 0 Å². The molecule has 0 saturated heterocycles. The van der Waals surface area contributed by atoms with Gasteiger partial charge in [-0.2, -0.15) is 18.4 Å². The van der Waals surface area contributed by atoms with E-state index in [9.17, 15) is 28.0 Å². The van der Waals surface area contributed by atoms with Crippen molar-refractivity contribution in [2.45, 2.75) is 38.3 Å². The number of amides is 1. The van der Waals surface area contributed by atoms with Gasteiger partial charge in [0.2, 0.25) is 5.91 Å². The van der Waals surface area contributed by atoms with Crippen molar-refractivity contribution in [1.29, 1.82) is 5.26 Å². The van der Waals surface area contributed by atoms with Gasteiger partial charge in [0.15, 0.2) is 5.78 Å². The van der Waals surface area contributed by atoms with E-state index >= 15 is 0 Å². The van der Waals surface area contributed by atoms with Gasteiger partial charge >= 0.3 is 6.18 Å². The average Bonchev–Trinajstić information content (AvgIpc) is 3.50. The Labute approximate surface area is 222 Å². The van der Waals surface area contributed by atoms with Crippen molar-refractivity contribution in [2.75, 3.05) is 10.2 Å². The van der Waals surface area contributed by atoms with E-state index in [2.05, 4.69) is 11.4 Å². The van der Waals surface area contributed by atoms with Crippen LogP contribution in [0.5, 0.6) is 0 Å². The molecule has 1 spiro atoms. The zero-order chi connectivity index (χ0) is 27.7. The Morgan fingerprint density at radius 2 is 1.69 bits per heavy atom. The number of para-hydroxylation sites is 1. The Morgan fingerprint density at radius 1 is 0.974 bits per heavy atom. The number of aromatic nitrogens is 1. The minimum atomic E-state index is -4.61. The Hall–Kier alpha value is -4.58. The maximum atomic E-state index is 14.0. The predicted octanol–water partition coefficient (Wildman–Crippen LogP) is 6.25. The fraction of sp³-hybridized carbons (Fsp3) is 0.233. The van der Waals surface area contributed by atoms with Gasteiger partial charge in [0.25, 0.3) is 0 Å². The average molecular weight is 529 g/mol. The fourth-order valence-corrected chi connectivity index (χ4v) is 6.14. The van der Waals surface area contributed by atoms with Crippen LogP contribution in [-0.4, -0.2) is 16.3 Å². The van der Waals surface area contributed by atoms with E-state index in [4.69, 9.17) is 0 Å². The van der Waals surface area contributed by atoms with Crippen LogP contribution in [0.25, 0.3) is 5.82 Å². The Balaban J connectivity index is 1.78. The van der Waals surface area contributed by atoms with Gasteiger partial charge in [-0.05, 0) is 48.2 Å². The van der Waals surface area contributed by atoms with E-state index < -0.39 is 28.5 Å². The molecule has 1 unspecified atom stereocenters. The first-order valence-corrected chi connectivity index (χ1v) is 12.4. The summed E-state index contributed by atoms with van der Waals surface area (Å²) in [5.41, 5.74) is -1.55. The quantitative estimate of drug-likeness (QED) is 0.426. The molecule has 3 aromatic rings. The van der Waals surface area contributed by atoms with Crippen molar-refractivity contribution in [3.05, 3.63) is 101 Å². The van der Waals surface area contributed by atoms with E-state index in [0.29, 0.717) is 23.4 Å². The molecule has 2 aromatic carbocycles. The molecule has 1 N–H and O–H groups in total. The van der Waals surface area contributed by atoms with E-state index in [-0.39, 0.29) is 34.9 Å². The highest BCUT2D eigenvalue weighted by atomic mass is 19.4. The summed E-state index contributed by atoms with van der Waals surface area (Å²) in [6, 6.07) is 17.4. The van der Waals surface area contributed by atoms with Crippen LogP contribution >= 0.6 is 0 Å². The standard InChI is InChI=1S/C30H23F3N4O2/c1-28(2)15-23-25(24(38)16-28)29(20-10-3-4-11-22(20)35-27(29)39)21(17-34)26(36-12-5-6-13-36)37(23)19-9-7-8-18(14-19)30(31,32)33/h3-14H,15-16H2,1-2H3,(H,35,39). The molecule has 0 radical (unpaired) electrons. The first-order valence-electron chi connectivity index (χ1n) is 12.4. The molecular formula is C30H23F3N4O2. The molecule has 0 saturated carbocycles. The lowest BCUT2D eigenvalue weighted by atomic mass is 9.60. The number of Topliss-reactive ketones (excluding diaryl/α,β-unsaturated/α-hetero) is 1. The normalized spacial score (nSPS) is 22.1. The summed E-state index contributed by atoms with van der Waals surface area (Å²) >= 11 is 0. The fourth-order valence-electron chi connectivity index (χ4n) is 6.14. The number of nitrogens with zero attached hydrogens (tertiary/aromatic N) is 3. The lowest BCUT2D eigenvalue weighted by Crippen LogP contribution is -2.51. The lowest BCUT2D eigenvalue weighted by Gasteiger charge is -2.47. The number of nitriles is 1. The summed E-state index contributed by atoms with van der Waals surface area (Å²) < 4.78 is 43.1. The highest BCUT2D eigenvalue weighted by Gasteiger charge is 2.61. The van der Waals surface area contributed by atoms with Gasteiger partial charge in [0.1, 0.15) is 17.3 Å². The molecular weight excluding hydrogens is 505 g/mol. The van der Waals surface area contributed by atoms with E-state index in [0.717, 1.165) is 12.1 Å². The van der Waals surface area contributed by atoms with Crippen LogP contribution in [0.4, 0.5) is 24.5 Å². The highest BCUT2D eigenvalue weighted by molar-refractivity contribution is 6.21. The number of hydrogen-bond acceptors (Lipinski definition) is 4. The first-order chi connectivity index (χ1) is 18.5. The number of anilines is 2. The summed E-state index contributed by atoms with van der Waals surface area (Å²) in [4.78, 5) is 29.6. The van der Waals surface area contributed by atoms with Gasteiger partial charge in [0, 0.05) is 47.0 Å². The third-order valence-electron chi connectivity index (χ3n) is 7.62. The molecule has 39 heavy (non-hydrogen) atoms. The molecule has 196 valence electrons. The second-order valence-electron chi connectivity index (χ2n) is 10.8. The van der Waals surface area contributed by atoms with Crippen LogP contribution in [0.1, 0.15) is 37.8 Å². The van der Waals surface area contributed by atoms with Gasteiger partial charge in [-0.3, -0.25) is 14.5 Å². The SMILES string of the molecule is CC1(C)CC(=O)C2=C(C1)N(c1cccc(C(F)(F)F)c1)C(n1cccc1)=C(C#N)C21C(=O)Nc2ccccc21. The van der Waals surface area contributed by atoms with Gasteiger partial charge in [-0.25, -0.2) is 0 Å².